The van der Waals surface area contributed by atoms with Gasteiger partial charge >= 0.3 is 6.18 Å². The van der Waals surface area contributed by atoms with Gasteiger partial charge in [-0.1, -0.05) is 17.7 Å². The summed E-state index contributed by atoms with van der Waals surface area (Å²) >= 11 is 0. The minimum Gasteiger partial charge on any atom is -0.382 e. The highest BCUT2D eigenvalue weighted by atomic mass is 19.4. The third-order valence-electron chi connectivity index (χ3n) is 2.19. The Kier molecular flexibility index (Phi) is 3.54. The zero-order valence-electron chi connectivity index (χ0n) is 8.42. The maximum Gasteiger partial charge on any atom is 0.416 e. The van der Waals surface area contributed by atoms with Crippen LogP contribution in [0.3, 0.4) is 0 Å². The van der Waals surface area contributed by atoms with Crippen LogP contribution in [0.5, 0.6) is 0 Å². The van der Waals surface area contributed by atoms with Crippen molar-refractivity contribution in [2.45, 2.75) is 25.2 Å². The lowest BCUT2D eigenvalue weighted by molar-refractivity contribution is -0.210. The molecule has 0 aliphatic rings. The summed E-state index contributed by atoms with van der Waals surface area (Å²) in [4.78, 5) is 0. The third kappa shape index (κ3) is 2.70. The summed E-state index contributed by atoms with van der Waals surface area (Å²) < 4.78 is 49.7. The van der Waals surface area contributed by atoms with Crippen LogP contribution in [-0.2, 0) is 0 Å². The van der Waals surface area contributed by atoms with Crippen molar-refractivity contribution in [1.82, 2.24) is 0 Å². The van der Waals surface area contributed by atoms with Gasteiger partial charge in [0.15, 0.2) is 6.10 Å². The molecule has 1 rings (SSSR count). The molecule has 0 aliphatic heterocycles. The molecule has 0 unspecified atom stereocenters. The van der Waals surface area contributed by atoms with Crippen molar-refractivity contribution in [3.63, 3.8) is 0 Å². The molecule has 90 valence electrons. The van der Waals surface area contributed by atoms with E-state index in [4.69, 9.17) is 10.8 Å². The molecule has 3 N–H and O–H groups in total. The monoisotopic (exact) mass is 237 g/mol. The molecule has 0 aliphatic carbocycles. The molecule has 0 bridgehead atoms. The van der Waals surface area contributed by atoms with Crippen LogP contribution in [0.4, 0.5) is 17.6 Å². The number of aliphatic hydroxyl groups is 1. The highest BCUT2D eigenvalue weighted by Crippen LogP contribution is 2.30. The Labute approximate surface area is 89.7 Å². The van der Waals surface area contributed by atoms with E-state index in [1.54, 1.807) is 6.92 Å². The summed E-state index contributed by atoms with van der Waals surface area (Å²) in [5, 5.41) is 8.91. The molecule has 6 heteroatoms. The van der Waals surface area contributed by atoms with Gasteiger partial charge in [-0.05, 0) is 13.0 Å². The van der Waals surface area contributed by atoms with Crippen LogP contribution >= 0.6 is 0 Å². The van der Waals surface area contributed by atoms with Crippen molar-refractivity contribution >= 4 is 0 Å². The Hall–Kier alpha value is -1.14. The SMILES string of the molecule is Cc1ccc(F)c([C@H](N)[C@H](O)C(F)(F)F)c1. The molecule has 0 spiro atoms. The largest absolute Gasteiger partial charge is 0.416 e. The smallest absolute Gasteiger partial charge is 0.382 e. The topological polar surface area (TPSA) is 46.2 Å². The number of hydrogen-bond donors (Lipinski definition) is 2. The van der Waals surface area contributed by atoms with Gasteiger partial charge in [0.05, 0.1) is 6.04 Å². The second-order valence-electron chi connectivity index (χ2n) is 3.54. The van der Waals surface area contributed by atoms with Gasteiger partial charge in [-0.2, -0.15) is 13.2 Å². The fourth-order valence-corrected chi connectivity index (χ4v) is 1.29. The number of alkyl halides is 3. The third-order valence-corrected chi connectivity index (χ3v) is 2.19. The van der Waals surface area contributed by atoms with Crippen LogP contribution in [0, 0.1) is 12.7 Å². The first-order valence-electron chi connectivity index (χ1n) is 4.50. The first kappa shape index (κ1) is 12.9. The zero-order valence-corrected chi connectivity index (χ0v) is 8.42. The summed E-state index contributed by atoms with van der Waals surface area (Å²) in [6, 6.07) is 1.80. The first-order chi connectivity index (χ1) is 7.23. The molecule has 0 amide bonds. The number of rotatable bonds is 2. The van der Waals surface area contributed by atoms with Gasteiger partial charge in [0, 0.05) is 5.56 Å². The van der Waals surface area contributed by atoms with Gasteiger partial charge in [-0.15, -0.1) is 0 Å². The Morgan fingerprint density at radius 1 is 1.31 bits per heavy atom. The Morgan fingerprint density at radius 3 is 2.38 bits per heavy atom. The summed E-state index contributed by atoms with van der Waals surface area (Å²) in [5.74, 6) is -0.860. The van der Waals surface area contributed by atoms with E-state index < -0.39 is 24.1 Å². The molecule has 1 aromatic rings. The highest BCUT2D eigenvalue weighted by molar-refractivity contribution is 5.27. The molecule has 0 heterocycles. The van der Waals surface area contributed by atoms with Gasteiger partial charge in [-0.25, -0.2) is 4.39 Å². The van der Waals surface area contributed by atoms with E-state index in [1.807, 2.05) is 0 Å². The maximum absolute atomic E-state index is 13.2. The second kappa shape index (κ2) is 4.39. The molecule has 16 heavy (non-hydrogen) atoms. The van der Waals surface area contributed by atoms with Crippen LogP contribution in [0.25, 0.3) is 0 Å². The molecule has 2 atom stereocenters. The van der Waals surface area contributed by atoms with Crippen molar-refractivity contribution in [2.75, 3.05) is 0 Å². The average Bonchev–Trinajstić information content (AvgIpc) is 2.18. The fourth-order valence-electron chi connectivity index (χ4n) is 1.29. The van der Waals surface area contributed by atoms with Crippen molar-refractivity contribution in [3.05, 3.63) is 35.1 Å². The summed E-state index contributed by atoms with van der Waals surface area (Å²) in [7, 11) is 0. The van der Waals surface area contributed by atoms with Crippen LogP contribution in [-0.4, -0.2) is 17.4 Å². The lowest BCUT2D eigenvalue weighted by Crippen LogP contribution is -2.39. The quantitative estimate of drug-likeness (QED) is 0.773. The number of halogens is 4. The fraction of sp³-hybridized carbons (Fsp3) is 0.400. The maximum atomic E-state index is 13.2. The van der Waals surface area contributed by atoms with Gasteiger partial charge in [0.2, 0.25) is 0 Å². The summed E-state index contributed by atoms with van der Waals surface area (Å²) in [6.45, 7) is 1.59. The minimum atomic E-state index is -4.87. The van der Waals surface area contributed by atoms with E-state index in [1.165, 1.54) is 12.1 Å². The van der Waals surface area contributed by atoms with E-state index in [0.717, 1.165) is 6.07 Å². The van der Waals surface area contributed by atoms with E-state index in [2.05, 4.69) is 0 Å². The molecule has 0 radical (unpaired) electrons. The second-order valence-corrected chi connectivity index (χ2v) is 3.54. The molecule has 1 aromatic carbocycles. The number of aryl methyl sites for hydroxylation is 1. The van der Waals surface area contributed by atoms with Crippen molar-refractivity contribution < 1.29 is 22.7 Å². The van der Waals surface area contributed by atoms with E-state index in [-0.39, 0.29) is 5.56 Å². The number of hydrogen-bond acceptors (Lipinski definition) is 2. The van der Waals surface area contributed by atoms with Crippen LogP contribution in [0.1, 0.15) is 17.2 Å². The lowest BCUT2D eigenvalue weighted by atomic mass is 9.99. The first-order valence-corrected chi connectivity index (χ1v) is 4.50. The van der Waals surface area contributed by atoms with Crippen LogP contribution in [0.2, 0.25) is 0 Å². The van der Waals surface area contributed by atoms with Crippen molar-refractivity contribution in [1.29, 1.82) is 0 Å². The predicted octanol–water partition coefficient (Wildman–Crippen LogP) is 2.06. The normalized spacial score (nSPS) is 15.9. The Bertz CT molecular complexity index is 378. The van der Waals surface area contributed by atoms with E-state index >= 15 is 0 Å². The van der Waals surface area contributed by atoms with Crippen molar-refractivity contribution in [2.24, 2.45) is 5.73 Å². The molecule has 0 saturated carbocycles. The van der Waals surface area contributed by atoms with Gasteiger partial charge in [-0.3, -0.25) is 0 Å². The molecule has 0 fully saturated rings. The van der Waals surface area contributed by atoms with E-state index in [9.17, 15) is 17.6 Å². The average molecular weight is 237 g/mol. The number of nitrogens with two attached hydrogens (primary N) is 1. The standard InChI is InChI=1S/C10H11F4NO/c1-5-2-3-7(11)6(4-5)8(15)9(16)10(12,13)14/h2-4,8-9,16H,15H2,1H3/t8-,9-/m0/s1. The zero-order chi connectivity index (χ0) is 12.5. The number of benzene rings is 1. The van der Waals surface area contributed by atoms with E-state index in [0.29, 0.717) is 5.56 Å². The Morgan fingerprint density at radius 2 is 1.88 bits per heavy atom. The van der Waals surface area contributed by atoms with Crippen LogP contribution in [0.15, 0.2) is 18.2 Å². The summed E-state index contributed by atoms with van der Waals surface area (Å²) in [6.07, 6.45) is -7.64. The summed E-state index contributed by atoms with van der Waals surface area (Å²) in [5.41, 5.74) is 5.41. The van der Waals surface area contributed by atoms with Crippen LogP contribution < -0.4 is 5.73 Å². The Balaban J connectivity index is 3.05. The minimum absolute atomic E-state index is 0.343. The van der Waals surface area contributed by atoms with Crippen molar-refractivity contribution in [3.8, 4) is 0 Å². The number of aliphatic hydroxyl groups excluding tert-OH is 1. The molecule has 0 aromatic heterocycles. The molecular weight excluding hydrogens is 226 g/mol. The highest BCUT2D eigenvalue weighted by Gasteiger charge is 2.43. The lowest BCUT2D eigenvalue weighted by Gasteiger charge is -2.22. The molecule has 0 saturated heterocycles. The van der Waals surface area contributed by atoms with Gasteiger partial charge < -0.3 is 10.8 Å². The van der Waals surface area contributed by atoms with Gasteiger partial charge in [0.1, 0.15) is 5.82 Å². The molecular formula is C10H11F4NO. The predicted molar refractivity (Wildman–Crippen MR) is 50.1 cm³/mol. The molecule has 2 nitrogen and oxygen atoms in total. The van der Waals surface area contributed by atoms with Gasteiger partial charge in [0.25, 0.3) is 0 Å².